The van der Waals surface area contributed by atoms with E-state index in [2.05, 4.69) is 21.4 Å². The monoisotopic (exact) mass is 416 g/mol. The molecule has 2 aromatic rings. The molecule has 1 saturated heterocycles. The molecule has 134 valence electrons. The van der Waals surface area contributed by atoms with Gasteiger partial charge in [0.1, 0.15) is 5.57 Å². The Labute approximate surface area is 159 Å². The van der Waals surface area contributed by atoms with Crippen LogP contribution in [0.2, 0.25) is 0 Å². The van der Waals surface area contributed by atoms with Crippen LogP contribution in [-0.2, 0) is 9.59 Å². The van der Waals surface area contributed by atoms with Crippen LogP contribution in [0.15, 0.2) is 46.4 Å². The lowest BCUT2D eigenvalue weighted by Crippen LogP contribution is -2.35. The number of carbonyl (C=O) groups is 2. The lowest BCUT2D eigenvalue weighted by atomic mass is 10.1. The first-order valence-corrected chi connectivity index (χ1v) is 8.79. The van der Waals surface area contributed by atoms with Gasteiger partial charge >= 0.3 is 0 Å². The molecular formula is C19H17BrN2O4. The van der Waals surface area contributed by atoms with Gasteiger partial charge in [-0.3, -0.25) is 15.0 Å². The first-order chi connectivity index (χ1) is 12.4. The number of anilines is 1. The van der Waals surface area contributed by atoms with Gasteiger partial charge in [0, 0.05) is 0 Å². The van der Waals surface area contributed by atoms with E-state index in [1.165, 1.54) is 11.1 Å². The van der Waals surface area contributed by atoms with E-state index in [9.17, 15) is 14.7 Å². The van der Waals surface area contributed by atoms with Gasteiger partial charge in [0.2, 0.25) is 0 Å². The summed E-state index contributed by atoms with van der Waals surface area (Å²) in [4.78, 5) is 25.0. The molecule has 1 heterocycles. The van der Waals surface area contributed by atoms with Crippen LogP contribution in [0.1, 0.15) is 18.1 Å². The Balaban J connectivity index is 1.97. The molecule has 1 aliphatic rings. The first-order valence-electron chi connectivity index (χ1n) is 7.99. The minimum atomic E-state index is -0.487. The van der Waals surface area contributed by atoms with Crippen LogP contribution < -0.4 is 15.2 Å². The maximum atomic E-state index is 12.7. The molecule has 1 aliphatic heterocycles. The maximum Gasteiger partial charge on any atom is 0.282 e. The van der Waals surface area contributed by atoms with Gasteiger partial charge in [-0.25, -0.2) is 5.01 Å². The second kappa shape index (κ2) is 7.21. The third-order valence-corrected chi connectivity index (χ3v) is 4.42. The normalized spacial score (nSPS) is 15.5. The first kappa shape index (κ1) is 18.0. The predicted octanol–water partition coefficient (Wildman–Crippen LogP) is 3.32. The molecule has 2 amide bonds. The second-order valence-corrected chi connectivity index (χ2v) is 6.62. The van der Waals surface area contributed by atoms with Crippen LogP contribution in [0.25, 0.3) is 6.08 Å². The highest BCUT2D eigenvalue weighted by Crippen LogP contribution is 2.36. The molecule has 0 radical (unpaired) electrons. The quantitative estimate of drug-likeness (QED) is 0.591. The van der Waals surface area contributed by atoms with Crippen LogP contribution in [0.3, 0.4) is 0 Å². The van der Waals surface area contributed by atoms with Crippen molar-refractivity contribution in [1.82, 2.24) is 5.43 Å². The summed E-state index contributed by atoms with van der Waals surface area (Å²) in [5.74, 6) is -0.686. The molecule has 3 rings (SSSR count). The standard InChI is InChI=1S/C19H17BrN2O4/c1-3-26-16-10-12(9-15(20)17(16)23)8-14-18(24)21-22(19(14)25)13-6-4-5-11(2)7-13/h4-10,23H,3H2,1-2H3,(H,21,24). The Morgan fingerprint density at radius 1 is 1.27 bits per heavy atom. The van der Waals surface area contributed by atoms with Crippen molar-refractivity contribution in [3.8, 4) is 11.5 Å². The van der Waals surface area contributed by atoms with Gasteiger partial charge in [-0.1, -0.05) is 12.1 Å². The van der Waals surface area contributed by atoms with Crippen molar-refractivity contribution < 1.29 is 19.4 Å². The van der Waals surface area contributed by atoms with Gasteiger partial charge in [0.15, 0.2) is 11.5 Å². The molecule has 0 aliphatic carbocycles. The Bertz CT molecular complexity index is 924. The largest absolute Gasteiger partial charge is 0.503 e. The zero-order chi connectivity index (χ0) is 18.8. The molecule has 0 saturated carbocycles. The molecule has 7 heteroatoms. The predicted molar refractivity (Wildman–Crippen MR) is 102 cm³/mol. The van der Waals surface area contributed by atoms with Crippen molar-refractivity contribution in [2.24, 2.45) is 0 Å². The smallest absolute Gasteiger partial charge is 0.282 e. The van der Waals surface area contributed by atoms with Crippen molar-refractivity contribution in [3.05, 3.63) is 57.6 Å². The number of nitrogens with one attached hydrogen (secondary N) is 1. The van der Waals surface area contributed by atoms with E-state index < -0.39 is 11.8 Å². The van der Waals surface area contributed by atoms with Crippen molar-refractivity contribution in [2.75, 3.05) is 11.6 Å². The molecule has 0 unspecified atom stereocenters. The fourth-order valence-electron chi connectivity index (χ4n) is 2.62. The van der Waals surface area contributed by atoms with Crippen LogP contribution >= 0.6 is 15.9 Å². The topological polar surface area (TPSA) is 78.9 Å². The molecule has 0 atom stereocenters. The van der Waals surface area contributed by atoms with E-state index in [4.69, 9.17) is 4.74 Å². The van der Waals surface area contributed by atoms with Gasteiger partial charge in [-0.2, -0.15) is 0 Å². The molecular weight excluding hydrogens is 400 g/mol. The molecule has 1 fully saturated rings. The van der Waals surface area contributed by atoms with E-state index in [0.717, 1.165) is 5.56 Å². The number of aryl methyl sites for hydroxylation is 1. The summed E-state index contributed by atoms with van der Waals surface area (Å²) in [6.45, 7) is 4.08. The number of benzene rings is 2. The van der Waals surface area contributed by atoms with E-state index in [1.54, 1.807) is 25.1 Å². The Hall–Kier alpha value is -2.80. The van der Waals surface area contributed by atoms with Gasteiger partial charge in [-0.05, 0) is 71.2 Å². The average molecular weight is 417 g/mol. The molecule has 2 aromatic carbocycles. The van der Waals surface area contributed by atoms with E-state index >= 15 is 0 Å². The number of nitrogens with zero attached hydrogens (tertiary/aromatic N) is 1. The highest BCUT2D eigenvalue weighted by molar-refractivity contribution is 9.10. The summed E-state index contributed by atoms with van der Waals surface area (Å²) in [7, 11) is 0. The number of halogens is 1. The highest BCUT2D eigenvalue weighted by atomic mass is 79.9. The summed E-state index contributed by atoms with van der Waals surface area (Å²) in [6, 6.07) is 10.5. The summed E-state index contributed by atoms with van der Waals surface area (Å²) in [5, 5.41) is 11.2. The van der Waals surface area contributed by atoms with Crippen LogP contribution in [-0.4, -0.2) is 23.5 Å². The fourth-order valence-corrected chi connectivity index (χ4v) is 3.08. The molecule has 6 nitrogen and oxygen atoms in total. The lowest BCUT2D eigenvalue weighted by molar-refractivity contribution is -0.117. The fraction of sp³-hybridized carbons (Fsp3) is 0.158. The zero-order valence-electron chi connectivity index (χ0n) is 14.2. The Kier molecular flexibility index (Phi) is 4.99. The number of aromatic hydroxyl groups is 1. The number of phenolic OH excluding ortho intramolecular Hbond substituents is 1. The summed E-state index contributed by atoms with van der Waals surface area (Å²) in [5.41, 5.74) is 4.70. The minimum absolute atomic E-state index is 0.00606. The highest BCUT2D eigenvalue weighted by Gasteiger charge is 2.34. The third-order valence-electron chi connectivity index (χ3n) is 3.81. The number of phenols is 1. The molecule has 0 bridgehead atoms. The molecule has 26 heavy (non-hydrogen) atoms. The summed E-state index contributed by atoms with van der Waals surface area (Å²) >= 11 is 3.25. The number of hydrogen-bond donors (Lipinski definition) is 2. The van der Waals surface area contributed by atoms with Gasteiger partial charge < -0.3 is 9.84 Å². The number of ether oxygens (including phenoxy) is 1. The lowest BCUT2D eigenvalue weighted by Gasteiger charge is -2.14. The molecule has 0 aromatic heterocycles. The number of hydrazine groups is 1. The van der Waals surface area contributed by atoms with Crippen LogP contribution in [0, 0.1) is 6.92 Å². The van der Waals surface area contributed by atoms with E-state index in [-0.39, 0.29) is 17.1 Å². The van der Waals surface area contributed by atoms with Crippen LogP contribution in [0.5, 0.6) is 11.5 Å². The number of amides is 2. The zero-order valence-corrected chi connectivity index (χ0v) is 15.8. The van der Waals surface area contributed by atoms with Crippen molar-refractivity contribution >= 4 is 39.5 Å². The van der Waals surface area contributed by atoms with Crippen molar-refractivity contribution in [1.29, 1.82) is 0 Å². The SMILES string of the molecule is CCOc1cc(C=C2C(=O)NN(c3cccc(C)c3)C2=O)cc(Br)c1O. The van der Waals surface area contributed by atoms with Gasteiger partial charge in [0.25, 0.3) is 11.8 Å². The van der Waals surface area contributed by atoms with Gasteiger partial charge in [-0.15, -0.1) is 0 Å². The van der Waals surface area contributed by atoms with Crippen LogP contribution in [0.4, 0.5) is 5.69 Å². The maximum absolute atomic E-state index is 12.7. The van der Waals surface area contributed by atoms with Gasteiger partial charge in [0.05, 0.1) is 16.8 Å². The Morgan fingerprint density at radius 2 is 2.04 bits per heavy atom. The van der Waals surface area contributed by atoms with Crippen molar-refractivity contribution in [3.63, 3.8) is 0 Å². The summed E-state index contributed by atoms with van der Waals surface area (Å²) < 4.78 is 5.79. The summed E-state index contributed by atoms with van der Waals surface area (Å²) in [6.07, 6.45) is 1.47. The number of rotatable bonds is 4. The third kappa shape index (κ3) is 3.43. The van der Waals surface area contributed by atoms with E-state index in [1.807, 2.05) is 25.1 Å². The minimum Gasteiger partial charge on any atom is -0.503 e. The van der Waals surface area contributed by atoms with E-state index in [0.29, 0.717) is 22.3 Å². The Morgan fingerprint density at radius 3 is 2.73 bits per heavy atom. The number of hydrogen-bond acceptors (Lipinski definition) is 4. The number of carbonyl (C=O) groups excluding carboxylic acids is 2. The molecule has 2 N–H and O–H groups in total. The average Bonchev–Trinajstić information content (AvgIpc) is 2.87. The second-order valence-electron chi connectivity index (χ2n) is 5.76. The molecule has 0 spiro atoms. The van der Waals surface area contributed by atoms with Crippen molar-refractivity contribution in [2.45, 2.75) is 13.8 Å².